The second-order valence-corrected chi connectivity index (χ2v) is 3.94. The average Bonchev–Trinajstić information content (AvgIpc) is 2.38. The highest BCUT2D eigenvalue weighted by atomic mass is 16.5. The van der Waals surface area contributed by atoms with Gasteiger partial charge in [-0.3, -0.25) is 0 Å². The predicted octanol–water partition coefficient (Wildman–Crippen LogP) is 2.25. The number of hydrogen-bond acceptors (Lipinski definition) is 3. The topological polar surface area (TPSA) is 30.5 Å². The largest absolute Gasteiger partial charge is 0.494 e. The van der Waals surface area contributed by atoms with Crippen molar-refractivity contribution in [1.29, 1.82) is 0 Å². The van der Waals surface area contributed by atoms with E-state index >= 15 is 0 Å². The molecule has 0 fully saturated rings. The number of rotatable bonds is 9. The van der Waals surface area contributed by atoms with E-state index in [-0.39, 0.29) is 0 Å². The van der Waals surface area contributed by atoms with Crippen molar-refractivity contribution in [3.05, 3.63) is 29.8 Å². The molecule has 0 radical (unpaired) electrons. The Morgan fingerprint density at radius 3 is 2.47 bits per heavy atom. The molecule has 17 heavy (non-hydrogen) atoms. The van der Waals surface area contributed by atoms with Gasteiger partial charge < -0.3 is 14.8 Å². The van der Waals surface area contributed by atoms with Crippen LogP contribution in [0.2, 0.25) is 0 Å². The van der Waals surface area contributed by atoms with Gasteiger partial charge in [-0.15, -0.1) is 0 Å². The highest BCUT2D eigenvalue weighted by Gasteiger charge is 1.94. The van der Waals surface area contributed by atoms with Gasteiger partial charge in [0.25, 0.3) is 0 Å². The fraction of sp³-hybridized carbons (Fsp3) is 0.571. The summed E-state index contributed by atoms with van der Waals surface area (Å²) in [5.74, 6) is 0.957. The molecule has 1 rings (SSSR count). The minimum Gasteiger partial charge on any atom is -0.494 e. The molecule has 0 saturated heterocycles. The molecular weight excluding hydrogens is 214 g/mol. The van der Waals surface area contributed by atoms with Crippen LogP contribution in [0.15, 0.2) is 24.3 Å². The van der Waals surface area contributed by atoms with Crippen LogP contribution < -0.4 is 10.1 Å². The molecule has 0 aliphatic rings. The van der Waals surface area contributed by atoms with Crippen LogP contribution >= 0.6 is 0 Å². The lowest BCUT2D eigenvalue weighted by atomic mass is 10.2. The second-order valence-electron chi connectivity index (χ2n) is 3.94. The van der Waals surface area contributed by atoms with Crippen LogP contribution in [0, 0.1) is 0 Å². The molecule has 1 aromatic rings. The van der Waals surface area contributed by atoms with Gasteiger partial charge in [-0.1, -0.05) is 19.1 Å². The van der Waals surface area contributed by atoms with Crippen LogP contribution in [-0.4, -0.2) is 33.4 Å². The standard InChI is InChI=1S/C14H23NO2/c1-3-13-5-7-14(8-6-13)17-11-4-9-15-10-12-16-2/h5-8,15H,3-4,9-12H2,1-2H3. The fourth-order valence-corrected chi connectivity index (χ4v) is 1.51. The third-order valence-electron chi connectivity index (χ3n) is 2.58. The predicted molar refractivity (Wildman–Crippen MR) is 70.7 cm³/mol. The molecule has 0 unspecified atom stereocenters. The van der Waals surface area contributed by atoms with Crippen molar-refractivity contribution in [2.45, 2.75) is 19.8 Å². The molecule has 0 saturated carbocycles. The molecule has 0 spiro atoms. The summed E-state index contributed by atoms with van der Waals surface area (Å²) in [7, 11) is 1.71. The van der Waals surface area contributed by atoms with Crippen molar-refractivity contribution < 1.29 is 9.47 Å². The second kappa shape index (κ2) is 9.02. The summed E-state index contributed by atoms with van der Waals surface area (Å²) in [5.41, 5.74) is 1.35. The zero-order valence-corrected chi connectivity index (χ0v) is 10.9. The zero-order valence-electron chi connectivity index (χ0n) is 10.9. The first-order chi connectivity index (χ1) is 8.36. The maximum absolute atomic E-state index is 5.64. The van der Waals surface area contributed by atoms with Gasteiger partial charge in [0.05, 0.1) is 13.2 Å². The van der Waals surface area contributed by atoms with Gasteiger partial charge in [-0.2, -0.15) is 0 Å². The Kier molecular flexibility index (Phi) is 7.43. The molecule has 3 nitrogen and oxygen atoms in total. The van der Waals surface area contributed by atoms with E-state index in [1.807, 2.05) is 12.1 Å². The fourth-order valence-electron chi connectivity index (χ4n) is 1.51. The van der Waals surface area contributed by atoms with E-state index in [0.29, 0.717) is 0 Å². The summed E-state index contributed by atoms with van der Waals surface area (Å²) in [6, 6.07) is 8.31. The van der Waals surface area contributed by atoms with E-state index in [4.69, 9.17) is 9.47 Å². The third kappa shape index (κ3) is 6.29. The Balaban J connectivity index is 2.05. The average molecular weight is 237 g/mol. The van der Waals surface area contributed by atoms with Gasteiger partial charge in [-0.25, -0.2) is 0 Å². The van der Waals surface area contributed by atoms with E-state index in [1.165, 1.54) is 5.56 Å². The van der Waals surface area contributed by atoms with Crippen molar-refractivity contribution in [2.75, 3.05) is 33.4 Å². The van der Waals surface area contributed by atoms with Crippen molar-refractivity contribution >= 4 is 0 Å². The first kappa shape index (κ1) is 14.0. The van der Waals surface area contributed by atoms with E-state index in [0.717, 1.165) is 44.9 Å². The van der Waals surface area contributed by atoms with Crippen molar-refractivity contribution in [2.24, 2.45) is 0 Å². The summed E-state index contributed by atoms with van der Waals surface area (Å²) in [6.45, 7) is 5.55. The molecule has 0 atom stereocenters. The SMILES string of the molecule is CCc1ccc(OCCCNCCOC)cc1. The molecule has 0 aliphatic carbocycles. The molecule has 1 aromatic carbocycles. The number of methoxy groups -OCH3 is 1. The van der Waals surface area contributed by atoms with Crippen LogP contribution in [0.5, 0.6) is 5.75 Å². The van der Waals surface area contributed by atoms with Crippen LogP contribution in [0.3, 0.4) is 0 Å². The van der Waals surface area contributed by atoms with E-state index in [1.54, 1.807) is 7.11 Å². The summed E-state index contributed by atoms with van der Waals surface area (Å²) in [6.07, 6.45) is 2.09. The minimum absolute atomic E-state index is 0.755. The van der Waals surface area contributed by atoms with Crippen LogP contribution in [0.4, 0.5) is 0 Å². The molecule has 3 heteroatoms. The van der Waals surface area contributed by atoms with Crippen LogP contribution in [0.25, 0.3) is 0 Å². The maximum atomic E-state index is 5.64. The van der Waals surface area contributed by atoms with Gasteiger partial charge in [0, 0.05) is 13.7 Å². The van der Waals surface area contributed by atoms with E-state index in [2.05, 4.69) is 24.4 Å². The van der Waals surface area contributed by atoms with Crippen molar-refractivity contribution in [3.63, 3.8) is 0 Å². The van der Waals surface area contributed by atoms with E-state index in [9.17, 15) is 0 Å². The minimum atomic E-state index is 0.755. The molecule has 0 aliphatic heterocycles. The Labute approximate surface area is 104 Å². The third-order valence-corrected chi connectivity index (χ3v) is 2.58. The lowest BCUT2D eigenvalue weighted by Gasteiger charge is -2.07. The monoisotopic (exact) mass is 237 g/mol. The van der Waals surface area contributed by atoms with Gasteiger partial charge in [0.15, 0.2) is 0 Å². The Morgan fingerprint density at radius 1 is 1.06 bits per heavy atom. The van der Waals surface area contributed by atoms with E-state index < -0.39 is 0 Å². The number of aryl methyl sites for hydroxylation is 1. The number of hydrogen-bond donors (Lipinski definition) is 1. The van der Waals surface area contributed by atoms with Crippen molar-refractivity contribution in [1.82, 2.24) is 5.32 Å². The number of ether oxygens (including phenoxy) is 2. The van der Waals surface area contributed by atoms with Gasteiger partial charge in [0.1, 0.15) is 5.75 Å². The summed E-state index contributed by atoms with van der Waals surface area (Å²) in [5, 5.41) is 3.29. The zero-order chi connectivity index (χ0) is 12.3. The van der Waals surface area contributed by atoms with Crippen molar-refractivity contribution in [3.8, 4) is 5.75 Å². The Hall–Kier alpha value is -1.06. The highest BCUT2D eigenvalue weighted by molar-refractivity contribution is 5.27. The highest BCUT2D eigenvalue weighted by Crippen LogP contribution is 2.12. The number of benzene rings is 1. The van der Waals surface area contributed by atoms with Gasteiger partial charge in [-0.05, 0) is 37.1 Å². The maximum Gasteiger partial charge on any atom is 0.119 e. The Bertz CT molecular complexity index is 285. The molecule has 96 valence electrons. The molecule has 0 heterocycles. The summed E-state index contributed by atoms with van der Waals surface area (Å²) >= 11 is 0. The smallest absolute Gasteiger partial charge is 0.119 e. The lowest BCUT2D eigenvalue weighted by molar-refractivity contribution is 0.198. The number of nitrogens with one attached hydrogen (secondary N) is 1. The van der Waals surface area contributed by atoms with Gasteiger partial charge in [0.2, 0.25) is 0 Å². The first-order valence-electron chi connectivity index (χ1n) is 6.28. The van der Waals surface area contributed by atoms with Gasteiger partial charge >= 0.3 is 0 Å². The molecular formula is C14H23NO2. The molecule has 0 aromatic heterocycles. The summed E-state index contributed by atoms with van der Waals surface area (Å²) < 4.78 is 10.6. The molecule has 1 N–H and O–H groups in total. The quantitative estimate of drug-likeness (QED) is 0.668. The molecule has 0 amide bonds. The lowest BCUT2D eigenvalue weighted by Crippen LogP contribution is -2.21. The normalized spacial score (nSPS) is 10.5. The molecule has 0 bridgehead atoms. The van der Waals surface area contributed by atoms with Crippen LogP contribution in [-0.2, 0) is 11.2 Å². The Morgan fingerprint density at radius 2 is 1.82 bits per heavy atom. The summed E-state index contributed by atoms with van der Waals surface area (Å²) in [4.78, 5) is 0. The first-order valence-corrected chi connectivity index (χ1v) is 6.28. The van der Waals surface area contributed by atoms with Crippen LogP contribution in [0.1, 0.15) is 18.9 Å².